The second kappa shape index (κ2) is 11.3. The lowest BCUT2D eigenvalue weighted by atomic mass is 10.00. The zero-order valence-electron chi connectivity index (χ0n) is 20.3. The second-order valence-corrected chi connectivity index (χ2v) is 10.9. The molecule has 0 bridgehead atoms. The molecule has 0 spiro atoms. The van der Waals surface area contributed by atoms with E-state index in [-0.39, 0.29) is 31.5 Å². The van der Waals surface area contributed by atoms with Crippen LogP contribution >= 0.6 is 0 Å². The first-order valence-electron chi connectivity index (χ1n) is 11.4. The molecule has 7 nitrogen and oxygen atoms in total. The van der Waals surface area contributed by atoms with Crippen molar-refractivity contribution in [3.8, 4) is 0 Å². The van der Waals surface area contributed by atoms with Crippen molar-refractivity contribution in [3.05, 3.63) is 89.0 Å². The topological polar surface area (TPSA) is 116 Å². The predicted octanol–water partition coefficient (Wildman–Crippen LogP) is 4.39. The summed E-state index contributed by atoms with van der Waals surface area (Å²) in [5.74, 6) is -0.139. The summed E-state index contributed by atoms with van der Waals surface area (Å²) in [6.45, 7) is 2.63. The molecule has 0 aliphatic rings. The van der Waals surface area contributed by atoms with E-state index in [1.807, 2.05) is 50.2 Å². The number of nitrogens with zero attached hydrogens (tertiary/aromatic N) is 1. The van der Waals surface area contributed by atoms with Gasteiger partial charge in [0.2, 0.25) is 5.91 Å². The molecule has 0 aliphatic heterocycles. The summed E-state index contributed by atoms with van der Waals surface area (Å²) in [4.78, 5) is 14.7. The van der Waals surface area contributed by atoms with Gasteiger partial charge in [-0.25, -0.2) is 8.42 Å². The molecule has 8 heteroatoms. The van der Waals surface area contributed by atoms with Crippen LogP contribution in [0.4, 0.5) is 11.4 Å². The molecule has 35 heavy (non-hydrogen) atoms. The number of benzene rings is 3. The molecule has 0 unspecified atom stereocenters. The van der Waals surface area contributed by atoms with E-state index in [0.29, 0.717) is 35.5 Å². The molecule has 0 fully saturated rings. The van der Waals surface area contributed by atoms with Crippen molar-refractivity contribution in [2.24, 2.45) is 0 Å². The number of hydrogen-bond donors (Lipinski definition) is 3. The van der Waals surface area contributed by atoms with Crippen LogP contribution in [0.25, 0.3) is 0 Å². The Balaban J connectivity index is 0.00000342. The highest BCUT2D eigenvalue weighted by Gasteiger charge is 2.17. The Bertz CT molecular complexity index is 1340. The summed E-state index contributed by atoms with van der Waals surface area (Å²) >= 11 is 0. The van der Waals surface area contributed by atoms with E-state index in [1.54, 1.807) is 36.4 Å². The van der Waals surface area contributed by atoms with Crippen molar-refractivity contribution in [2.75, 3.05) is 37.4 Å². The Morgan fingerprint density at radius 3 is 2.51 bits per heavy atom. The van der Waals surface area contributed by atoms with Crippen LogP contribution in [0.2, 0.25) is 0 Å². The maximum absolute atomic E-state index is 12.8. The van der Waals surface area contributed by atoms with Gasteiger partial charge in [0.25, 0.3) is 0 Å². The third-order valence-corrected chi connectivity index (χ3v) is 7.52. The van der Waals surface area contributed by atoms with E-state index < -0.39 is 9.84 Å². The molecule has 0 atom stereocenters. The van der Waals surface area contributed by atoms with Crippen molar-refractivity contribution in [1.29, 1.82) is 5.41 Å². The fraction of sp³-hybridized carbons (Fsp3) is 0.259. The third kappa shape index (κ3) is 7.00. The lowest BCUT2D eigenvalue weighted by Gasteiger charge is -2.13. The maximum atomic E-state index is 12.8. The molecular weight excluding hydrogens is 460 g/mol. The lowest BCUT2D eigenvalue weighted by molar-refractivity contribution is -0.115. The van der Waals surface area contributed by atoms with Gasteiger partial charge in [0.1, 0.15) is 0 Å². The zero-order valence-corrected chi connectivity index (χ0v) is 21.2. The van der Waals surface area contributed by atoms with Crippen molar-refractivity contribution in [3.63, 3.8) is 0 Å². The molecule has 1 amide bonds. The van der Waals surface area contributed by atoms with Crippen LogP contribution in [0, 0.1) is 12.3 Å². The average Bonchev–Trinajstić information content (AvgIpc) is 2.81. The molecule has 3 aromatic carbocycles. The SMILES string of the molecule is Cc1ccccc1CC(=O)Nc1ccc(N)c(C(=N)c2cccc(S(=O)(=O)CCCN(C)C)c2)c1.[HH].[HH]. The van der Waals surface area contributed by atoms with Crippen molar-refractivity contribution in [2.45, 2.75) is 24.7 Å². The van der Waals surface area contributed by atoms with Crippen molar-refractivity contribution in [1.82, 2.24) is 4.90 Å². The van der Waals surface area contributed by atoms with E-state index in [1.165, 1.54) is 6.07 Å². The maximum Gasteiger partial charge on any atom is 0.228 e. The van der Waals surface area contributed by atoms with Gasteiger partial charge in [-0.2, -0.15) is 0 Å². The highest BCUT2D eigenvalue weighted by atomic mass is 32.2. The number of carbonyl (C=O) groups excluding carboxylic acids is 1. The Morgan fingerprint density at radius 1 is 1.06 bits per heavy atom. The number of nitrogens with one attached hydrogen (secondary N) is 2. The molecule has 0 saturated heterocycles. The fourth-order valence-corrected chi connectivity index (χ4v) is 5.06. The molecule has 0 saturated carbocycles. The molecular formula is C27H36N4O3S. The number of rotatable bonds is 10. The molecule has 0 radical (unpaired) electrons. The quantitative estimate of drug-likeness (QED) is 0.284. The van der Waals surface area contributed by atoms with Gasteiger partial charge in [0.15, 0.2) is 9.84 Å². The van der Waals surface area contributed by atoms with E-state index in [4.69, 9.17) is 11.1 Å². The number of aryl methyl sites for hydroxylation is 1. The van der Waals surface area contributed by atoms with Crippen LogP contribution in [0.3, 0.4) is 0 Å². The second-order valence-electron chi connectivity index (χ2n) is 8.83. The Kier molecular flexibility index (Phi) is 8.43. The van der Waals surface area contributed by atoms with E-state index in [0.717, 1.165) is 11.1 Å². The van der Waals surface area contributed by atoms with E-state index in [9.17, 15) is 13.2 Å². The number of nitrogen functional groups attached to an aromatic ring is 1. The molecule has 0 heterocycles. The van der Waals surface area contributed by atoms with Gasteiger partial charge in [0.05, 0.1) is 22.8 Å². The van der Waals surface area contributed by atoms with E-state index in [2.05, 4.69) is 5.32 Å². The average molecular weight is 497 g/mol. The summed E-state index contributed by atoms with van der Waals surface area (Å²) in [6.07, 6.45) is 0.756. The summed E-state index contributed by atoms with van der Waals surface area (Å²) in [6, 6.07) is 19.0. The molecule has 0 aliphatic carbocycles. The highest BCUT2D eigenvalue weighted by Crippen LogP contribution is 2.23. The van der Waals surface area contributed by atoms with Gasteiger partial charge < -0.3 is 16.0 Å². The van der Waals surface area contributed by atoms with Crippen molar-refractivity contribution < 1.29 is 16.1 Å². The standard InChI is InChI=1S/C27H32N4O3S.2H2/c1-19-8-4-5-9-20(19)17-26(32)30-22-12-13-25(28)24(18-22)27(29)21-10-6-11-23(16-21)35(33,34)15-7-14-31(2)3;;/h4-6,8-13,16,18,29H,7,14-15,17,28H2,1-3H3,(H,30,32);2*1H. The Morgan fingerprint density at radius 2 is 1.80 bits per heavy atom. The van der Waals surface area contributed by atoms with Gasteiger partial charge >= 0.3 is 0 Å². The summed E-state index contributed by atoms with van der Waals surface area (Å²) in [5.41, 5.74) is 9.95. The van der Waals surface area contributed by atoms with Gasteiger partial charge in [-0.05, 0) is 75.4 Å². The van der Waals surface area contributed by atoms with E-state index >= 15 is 0 Å². The minimum absolute atomic E-state index is 0. The van der Waals surface area contributed by atoms with Crippen LogP contribution in [-0.2, 0) is 21.1 Å². The Hall–Kier alpha value is -3.49. The van der Waals surface area contributed by atoms with Gasteiger partial charge in [-0.15, -0.1) is 0 Å². The minimum Gasteiger partial charge on any atom is -0.398 e. The third-order valence-electron chi connectivity index (χ3n) is 5.72. The van der Waals surface area contributed by atoms with Crippen LogP contribution in [0.1, 0.15) is 31.5 Å². The van der Waals surface area contributed by atoms with Gasteiger partial charge in [-0.1, -0.05) is 36.4 Å². The number of amides is 1. The summed E-state index contributed by atoms with van der Waals surface area (Å²) < 4.78 is 25.6. The predicted molar refractivity (Wildman–Crippen MR) is 146 cm³/mol. The van der Waals surface area contributed by atoms with Crippen LogP contribution in [0.15, 0.2) is 71.6 Å². The van der Waals surface area contributed by atoms with Crippen LogP contribution in [0.5, 0.6) is 0 Å². The molecule has 3 aromatic rings. The first-order chi connectivity index (χ1) is 16.6. The highest BCUT2D eigenvalue weighted by molar-refractivity contribution is 7.91. The first-order valence-corrected chi connectivity index (χ1v) is 13.0. The summed E-state index contributed by atoms with van der Waals surface area (Å²) in [5, 5.41) is 11.6. The van der Waals surface area contributed by atoms with Gasteiger partial charge in [0, 0.05) is 25.4 Å². The number of hydrogen-bond acceptors (Lipinski definition) is 6. The largest absolute Gasteiger partial charge is 0.398 e. The first kappa shape index (κ1) is 26.1. The van der Waals surface area contributed by atoms with Crippen molar-refractivity contribution >= 4 is 32.8 Å². The summed E-state index contributed by atoms with van der Waals surface area (Å²) in [7, 11) is 0.329. The van der Waals surface area contributed by atoms with Crippen LogP contribution < -0.4 is 11.1 Å². The number of carbonyl (C=O) groups is 1. The molecule has 0 aromatic heterocycles. The van der Waals surface area contributed by atoms with Crippen LogP contribution in [-0.4, -0.2) is 51.3 Å². The lowest BCUT2D eigenvalue weighted by Crippen LogP contribution is -2.17. The number of anilines is 2. The fourth-order valence-electron chi connectivity index (χ4n) is 3.73. The normalized spacial score (nSPS) is 11.4. The monoisotopic (exact) mass is 496 g/mol. The smallest absolute Gasteiger partial charge is 0.228 e. The number of sulfone groups is 1. The minimum atomic E-state index is -3.47. The zero-order chi connectivity index (χ0) is 25.6. The number of nitrogens with two attached hydrogens (primary N) is 1. The Labute approximate surface area is 210 Å². The molecule has 188 valence electrons. The molecule has 3 rings (SSSR count). The molecule has 4 N–H and O–H groups in total. The van der Waals surface area contributed by atoms with Gasteiger partial charge in [-0.3, -0.25) is 10.2 Å².